The van der Waals surface area contributed by atoms with Crippen LogP contribution in [0.25, 0.3) is 0 Å². The van der Waals surface area contributed by atoms with Crippen LogP contribution in [0, 0.1) is 0 Å². The second-order valence-corrected chi connectivity index (χ2v) is 6.11. The summed E-state index contributed by atoms with van der Waals surface area (Å²) in [5.74, 6) is 0.532. The summed E-state index contributed by atoms with van der Waals surface area (Å²) in [5.41, 5.74) is 3.82. The number of hydrogen-bond acceptors (Lipinski definition) is 3. The van der Waals surface area contributed by atoms with Gasteiger partial charge in [-0.2, -0.15) is 0 Å². The number of aryl methyl sites for hydroxylation is 1. The van der Waals surface area contributed by atoms with Crippen LogP contribution >= 0.6 is 0 Å². The molecule has 0 spiro atoms. The van der Waals surface area contributed by atoms with Gasteiger partial charge in [-0.25, -0.2) is 4.99 Å². The Morgan fingerprint density at radius 2 is 1.96 bits per heavy atom. The van der Waals surface area contributed by atoms with Crippen LogP contribution in [0.3, 0.4) is 0 Å². The molecule has 1 N–H and O–H groups in total. The number of hydrogen-bond donors (Lipinski definition) is 1. The summed E-state index contributed by atoms with van der Waals surface area (Å²) in [6.45, 7) is 12.5. The van der Waals surface area contributed by atoms with Crippen LogP contribution < -0.4 is 5.32 Å². The number of rotatable bonds is 9. The Kier molecular flexibility index (Phi) is 8.68. The number of likely N-dealkylation sites (N-methyl/N-ethyl adjacent to an activating group) is 1. The van der Waals surface area contributed by atoms with Crippen LogP contribution in [0.4, 0.5) is 0 Å². The largest absolute Gasteiger partial charge is 0.347 e. The Labute approximate surface area is 152 Å². The molecule has 0 aliphatic rings. The summed E-state index contributed by atoms with van der Waals surface area (Å²) >= 11 is 0. The number of unbranched alkanes of at least 4 members (excludes halogenated alkanes) is 1. The molecule has 0 unspecified atom stereocenters. The highest BCUT2D eigenvalue weighted by Gasteiger charge is 2.15. The normalized spacial score (nSPS) is 12.4. The first-order valence-electron chi connectivity index (χ1n) is 8.93. The molecule has 1 aromatic rings. The molecule has 0 aliphatic heterocycles. The number of carbonyl (C=O) groups excluding carboxylic acids is 1. The van der Waals surface area contributed by atoms with Crippen LogP contribution in [-0.4, -0.2) is 30.1 Å². The fourth-order valence-electron chi connectivity index (χ4n) is 2.61. The average molecular weight is 341 g/mol. The van der Waals surface area contributed by atoms with Gasteiger partial charge in [0.15, 0.2) is 0 Å². The summed E-state index contributed by atoms with van der Waals surface area (Å²) in [6, 6.07) is 8.21. The van der Waals surface area contributed by atoms with E-state index in [1.807, 2.05) is 26.1 Å². The van der Waals surface area contributed by atoms with Crippen LogP contribution in [-0.2, 0) is 11.2 Å². The Morgan fingerprint density at radius 1 is 1.28 bits per heavy atom. The van der Waals surface area contributed by atoms with Gasteiger partial charge >= 0.3 is 0 Å². The predicted octanol–water partition coefficient (Wildman–Crippen LogP) is 4.28. The molecule has 0 saturated heterocycles. The minimum absolute atomic E-state index is 0.0156. The van der Waals surface area contributed by atoms with Gasteiger partial charge in [0.1, 0.15) is 5.82 Å². The molecule has 1 rings (SSSR count). The molecule has 0 heterocycles. The summed E-state index contributed by atoms with van der Waals surface area (Å²) in [4.78, 5) is 19.1. The molecule has 0 fully saturated rings. The third-order valence-electron chi connectivity index (χ3n) is 4.18. The van der Waals surface area contributed by atoms with E-state index in [2.05, 4.69) is 37.9 Å². The molecule has 0 aromatic heterocycles. The van der Waals surface area contributed by atoms with Gasteiger partial charge in [-0.1, -0.05) is 51.1 Å². The first kappa shape index (κ1) is 20.7. The Hall–Kier alpha value is -2.36. The highest BCUT2D eigenvalue weighted by atomic mass is 16.2. The second-order valence-electron chi connectivity index (χ2n) is 6.11. The van der Waals surface area contributed by atoms with Crippen molar-refractivity contribution < 1.29 is 4.79 Å². The molecule has 25 heavy (non-hydrogen) atoms. The highest BCUT2D eigenvalue weighted by molar-refractivity contribution is 6.01. The molecule has 1 aromatic carbocycles. The molecule has 4 heteroatoms. The van der Waals surface area contributed by atoms with Gasteiger partial charge in [0.25, 0.3) is 5.91 Å². The summed E-state index contributed by atoms with van der Waals surface area (Å²) in [7, 11) is 1.83. The molecule has 0 bridgehead atoms. The van der Waals surface area contributed by atoms with Gasteiger partial charge in [0, 0.05) is 19.3 Å². The lowest BCUT2D eigenvalue weighted by molar-refractivity contribution is -0.126. The Balaban J connectivity index is 3.20. The van der Waals surface area contributed by atoms with Crippen molar-refractivity contribution in [3.8, 4) is 0 Å². The molecule has 0 aliphatic carbocycles. The standard InChI is InChI=1S/C21H31N3O/c1-7-10-15-24(6)21(25)16(4)20(22-9-3)23-17(5)19-14-12-11-13-18(19)8-2/h9,11-14,22H,3,7-8,10,15H2,1-2,4-6H3/b20-16+,23-17?. The van der Waals surface area contributed by atoms with E-state index in [9.17, 15) is 4.79 Å². The van der Waals surface area contributed by atoms with Crippen molar-refractivity contribution in [2.24, 2.45) is 4.99 Å². The maximum Gasteiger partial charge on any atom is 0.252 e. The van der Waals surface area contributed by atoms with Crippen LogP contribution in [0.5, 0.6) is 0 Å². The van der Waals surface area contributed by atoms with Crippen molar-refractivity contribution in [3.05, 3.63) is 59.6 Å². The van der Waals surface area contributed by atoms with E-state index in [0.717, 1.165) is 37.1 Å². The lowest BCUT2D eigenvalue weighted by Gasteiger charge is -2.18. The van der Waals surface area contributed by atoms with E-state index >= 15 is 0 Å². The topological polar surface area (TPSA) is 44.7 Å². The van der Waals surface area contributed by atoms with E-state index < -0.39 is 0 Å². The zero-order valence-corrected chi connectivity index (χ0v) is 16.2. The molecule has 1 amide bonds. The number of nitrogens with one attached hydrogen (secondary N) is 1. The molecule has 0 radical (unpaired) electrons. The number of benzene rings is 1. The Morgan fingerprint density at radius 3 is 2.56 bits per heavy atom. The summed E-state index contributed by atoms with van der Waals surface area (Å²) in [6.07, 6.45) is 4.55. The fraction of sp³-hybridized carbons (Fsp3) is 0.429. The molecular formula is C21H31N3O. The van der Waals surface area contributed by atoms with Crippen LogP contribution in [0.15, 0.2) is 53.4 Å². The monoisotopic (exact) mass is 341 g/mol. The van der Waals surface area contributed by atoms with E-state index in [-0.39, 0.29) is 5.91 Å². The smallest absolute Gasteiger partial charge is 0.252 e. The van der Waals surface area contributed by atoms with Gasteiger partial charge in [0.2, 0.25) is 0 Å². The number of nitrogens with zero attached hydrogens (tertiary/aromatic N) is 2. The Bertz CT molecular complexity index is 659. The van der Waals surface area contributed by atoms with E-state index in [1.165, 1.54) is 5.56 Å². The SMILES string of the molecule is C=CN/C(N=C(C)c1ccccc1CC)=C(/C)C(=O)N(C)CCCC. The number of amides is 1. The highest BCUT2D eigenvalue weighted by Crippen LogP contribution is 2.14. The summed E-state index contributed by atoms with van der Waals surface area (Å²) in [5, 5.41) is 3.02. The van der Waals surface area contributed by atoms with Crippen molar-refractivity contribution >= 4 is 11.6 Å². The van der Waals surface area contributed by atoms with Crippen molar-refractivity contribution in [1.82, 2.24) is 10.2 Å². The third-order valence-corrected chi connectivity index (χ3v) is 4.18. The maximum absolute atomic E-state index is 12.6. The lowest BCUT2D eigenvalue weighted by Crippen LogP contribution is -2.30. The van der Waals surface area contributed by atoms with Gasteiger partial charge in [-0.15, -0.1) is 0 Å². The zero-order chi connectivity index (χ0) is 18.8. The fourth-order valence-corrected chi connectivity index (χ4v) is 2.61. The van der Waals surface area contributed by atoms with E-state index in [1.54, 1.807) is 18.0 Å². The minimum atomic E-state index is -0.0156. The molecule has 0 atom stereocenters. The molecule has 4 nitrogen and oxygen atoms in total. The first-order valence-corrected chi connectivity index (χ1v) is 8.93. The van der Waals surface area contributed by atoms with Crippen molar-refractivity contribution in [2.75, 3.05) is 13.6 Å². The molecule has 0 saturated carbocycles. The first-order chi connectivity index (χ1) is 12.0. The van der Waals surface area contributed by atoms with Crippen LogP contribution in [0.2, 0.25) is 0 Å². The second kappa shape index (κ2) is 10.5. The third kappa shape index (κ3) is 5.89. The number of carbonyl (C=O) groups is 1. The van der Waals surface area contributed by atoms with Crippen molar-refractivity contribution in [3.63, 3.8) is 0 Å². The van der Waals surface area contributed by atoms with Gasteiger partial charge in [-0.05, 0) is 44.0 Å². The average Bonchev–Trinajstić information content (AvgIpc) is 2.64. The number of aliphatic imine (C=N–C) groups is 1. The molecular weight excluding hydrogens is 310 g/mol. The summed E-state index contributed by atoms with van der Waals surface area (Å²) < 4.78 is 0. The van der Waals surface area contributed by atoms with E-state index in [4.69, 9.17) is 4.99 Å². The van der Waals surface area contributed by atoms with Gasteiger partial charge in [-0.3, -0.25) is 4.79 Å². The zero-order valence-electron chi connectivity index (χ0n) is 16.2. The van der Waals surface area contributed by atoms with E-state index in [0.29, 0.717) is 11.4 Å². The van der Waals surface area contributed by atoms with Crippen molar-refractivity contribution in [2.45, 2.75) is 47.0 Å². The minimum Gasteiger partial charge on any atom is -0.347 e. The van der Waals surface area contributed by atoms with Crippen molar-refractivity contribution in [1.29, 1.82) is 0 Å². The lowest BCUT2D eigenvalue weighted by atomic mass is 10.0. The van der Waals surface area contributed by atoms with Crippen LogP contribution in [0.1, 0.15) is 51.7 Å². The maximum atomic E-state index is 12.6. The predicted molar refractivity (Wildman–Crippen MR) is 107 cm³/mol. The quantitative estimate of drug-likeness (QED) is 0.538. The molecule has 136 valence electrons. The van der Waals surface area contributed by atoms with Gasteiger partial charge in [0.05, 0.1) is 5.57 Å². The van der Waals surface area contributed by atoms with Gasteiger partial charge < -0.3 is 10.2 Å².